The molecule has 0 radical (unpaired) electrons. The van der Waals surface area contributed by atoms with E-state index in [0.29, 0.717) is 17.5 Å². The van der Waals surface area contributed by atoms with Gasteiger partial charge in [0.2, 0.25) is 11.6 Å². The molecule has 5 rings (SSSR count). The Kier molecular flexibility index (Phi) is 5.79. The summed E-state index contributed by atoms with van der Waals surface area (Å²) in [6.45, 7) is 5.31. The van der Waals surface area contributed by atoms with Crippen LogP contribution in [0, 0.1) is 11.8 Å². The van der Waals surface area contributed by atoms with Gasteiger partial charge in [0.1, 0.15) is 17.1 Å². The molecule has 1 heterocycles. The van der Waals surface area contributed by atoms with Crippen molar-refractivity contribution in [2.24, 2.45) is 17.6 Å². The predicted octanol–water partition coefficient (Wildman–Crippen LogP) is 2.73. The molecule has 1 unspecified atom stereocenters. The number of phenols is 1. The lowest BCUT2D eigenvalue weighted by Gasteiger charge is -2.45. The molecule has 10 heteroatoms. The summed E-state index contributed by atoms with van der Waals surface area (Å²) in [4.78, 5) is 52.7. The van der Waals surface area contributed by atoms with Crippen molar-refractivity contribution in [3.8, 4) is 5.75 Å². The first-order valence-electron chi connectivity index (χ1n) is 12.5. The number of benzene rings is 1. The van der Waals surface area contributed by atoms with Crippen LogP contribution in [0.2, 0.25) is 0 Å². The minimum Gasteiger partial charge on any atom is -0.507 e. The van der Waals surface area contributed by atoms with Crippen molar-refractivity contribution in [3.05, 3.63) is 58.3 Å². The largest absolute Gasteiger partial charge is 0.507 e. The quantitative estimate of drug-likeness (QED) is 0.340. The number of ketones is 2. The maximum absolute atomic E-state index is 13.6. The zero-order chi connectivity index (χ0) is 27.7. The molecule has 0 saturated heterocycles. The fraction of sp³-hybridized carbons (Fsp3) is 0.429. The molecule has 0 bridgehead atoms. The van der Waals surface area contributed by atoms with Crippen LogP contribution in [-0.4, -0.2) is 55.0 Å². The fourth-order valence-corrected chi connectivity index (χ4v) is 6.15. The van der Waals surface area contributed by atoms with Gasteiger partial charge >= 0.3 is 6.09 Å². The second-order valence-electron chi connectivity index (χ2n) is 11.3. The topological polar surface area (TPSA) is 167 Å². The van der Waals surface area contributed by atoms with Gasteiger partial charge in [-0.2, -0.15) is 0 Å². The van der Waals surface area contributed by atoms with E-state index in [1.165, 1.54) is 17.0 Å². The zero-order valence-corrected chi connectivity index (χ0v) is 21.4. The molecule has 1 fully saturated rings. The number of nitrogens with zero attached hydrogens (tertiary/aromatic N) is 1. The number of hydrogen-bond acceptors (Lipinski definition) is 8. The minimum atomic E-state index is -2.52. The van der Waals surface area contributed by atoms with Crippen molar-refractivity contribution in [1.82, 2.24) is 4.90 Å². The average molecular weight is 523 g/mol. The highest BCUT2D eigenvalue weighted by atomic mass is 16.6. The molecular formula is C28H30N2O8. The summed E-state index contributed by atoms with van der Waals surface area (Å²) in [5, 5.41) is 33.4. The van der Waals surface area contributed by atoms with Crippen LogP contribution in [-0.2, 0) is 25.5 Å². The van der Waals surface area contributed by atoms with Crippen molar-refractivity contribution in [2.75, 3.05) is 0 Å². The highest BCUT2D eigenvalue weighted by Gasteiger charge is 2.60. The number of ether oxygens (including phenoxy) is 1. The third kappa shape index (κ3) is 3.74. The van der Waals surface area contributed by atoms with Crippen molar-refractivity contribution in [3.63, 3.8) is 0 Å². The average Bonchev–Trinajstić information content (AvgIpc) is 3.30. The first-order valence-corrected chi connectivity index (χ1v) is 12.5. The van der Waals surface area contributed by atoms with Gasteiger partial charge in [0, 0.05) is 17.7 Å². The number of allylic oxidation sites excluding steroid dienone is 1. The van der Waals surface area contributed by atoms with Crippen molar-refractivity contribution < 1.29 is 39.2 Å². The Morgan fingerprint density at radius 3 is 2.50 bits per heavy atom. The van der Waals surface area contributed by atoms with Crippen LogP contribution in [0.15, 0.2) is 41.6 Å². The molecule has 1 aliphatic heterocycles. The summed E-state index contributed by atoms with van der Waals surface area (Å²) in [5.41, 5.74) is 2.74. The zero-order valence-electron chi connectivity index (χ0n) is 21.4. The standard InChI is InChI=1S/C28H30N2O8/c1-27(2,3)38-26(36)30-10-4-5-18(30)15-8-9-19(31)21-17(15)12-13-11-14-6-7-16(25(29)35)23(33)28(14,37)24(34)20(13)22(21)32/h4,7-10,13-14,18,31-32,37H,5-6,11-12H2,1-3H3,(H2,29,35)/t13-,14-,18?,28-/m1/s1. The van der Waals surface area contributed by atoms with E-state index >= 15 is 0 Å². The van der Waals surface area contributed by atoms with Gasteiger partial charge in [0.15, 0.2) is 5.60 Å². The monoisotopic (exact) mass is 522 g/mol. The second-order valence-corrected chi connectivity index (χ2v) is 11.3. The number of Topliss-reactive ketones (excluding diaryl/α,β-unsaturated/α-hetero) is 2. The molecule has 0 aromatic heterocycles. The van der Waals surface area contributed by atoms with Crippen LogP contribution >= 0.6 is 0 Å². The van der Waals surface area contributed by atoms with E-state index in [1.54, 1.807) is 33.0 Å². The summed E-state index contributed by atoms with van der Waals surface area (Å²) >= 11 is 0. The summed E-state index contributed by atoms with van der Waals surface area (Å²) in [6.07, 6.45) is 5.28. The Balaban J connectivity index is 1.58. The summed E-state index contributed by atoms with van der Waals surface area (Å²) in [6, 6.07) is 2.61. The van der Waals surface area contributed by atoms with Gasteiger partial charge in [0.05, 0.1) is 17.2 Å². The maximum Gasteiger partial charge on any atom is 0.414 e. The lowest BCUT2D eigenvalue weighted by Crippen LogP contribution is -2.60. The number of amides is 2. The van der Waals surface area contributed by atoms with Gasteiger partial charge in [-0.15, -0.1) is 0 Å². The highest BCUT2D eigenvalue weighted by molar-refractivity contribution is 6.32. The predicted molar refractivity (Wildman–Crippen MR) is 134 cm³/mol. The maximum atomic E-state index is 13.6. The SMILES string of the molecule is CC(C)(C)OC(=O)N1C=CCC1c1ccc(O)c2c1C[C@H]1C[C@H]3CC=C(C(N)=O)C(=O)[C@@]3(O)C(=O)C1=C2O. The normalized spacial score (nSPS) is 28.5. The van der Waals surface area contributed by atoms with Crippen LogP contribution in [0.3, 0.4) is 0 Å². The molecule has 4 atom stereocenters. The van der Waals surface area contributed by atoms with Crippen molar-refractivity contribution >= 4 is 29.3 Å². The minimum absolute atomic E-state index is 0.0223. The number of phenolic OH excluding ortho intramolecular Hbond substituents is 1. The van der Waals surface area contributed by atoms with Crippen molar-refractivity contribution in [2.45, 2.75) is 63.7 Å². The fourth-order valence-electron chi connectivity index (χ4n) is 6.15. The van der Waals surface area contributed by atoms with E-state index in [9.17, 15) is 34.5 Å². The Morgan fingerprint density at radius 1 is 1.13 bits per heavy atom. The van der Waals surface area contributed by atoms with Gasteiger partial charge < -0.3 is 25.8 Å². The molecule has 2 amide bonds. The smallest absolute Gasteiger partial charge is 0.414 e. The molecule has 38 heavy (non-hydrogen) atoms. The Morgan fingerprint density at radius 2 is 1.84 bits per heavy atom. The summed E-state index contributed by atoms with van der Waals surface area (Å²) < 4.78 is 5.55. The highest BCUT2D eigenvalue weighted by Crippen LogP contribution is 2.52. The Bertz CT molecular complexity index is 1380. The lowest BCUT2D eigenvalue weighted by atomic mass is 9.58. The molecule has 200 valence electrons. The van der Waals surface area contributed by atoms with E-state index < -0.39 is 64.0 Å². The number of carbonyl (C=O) groups is 4. The summed E-state index contributed by atoms with van der Waals surface area (Å²) in [7, 11) is 0. The number of primary amides is 1. The van der Waals surface area contributed by atoms with E-state index in [4.69, 9.17) is 10.5 Å². The number of hydrogen-bond donors (Lipinski definition) is 4. The number of aliphatic hydroxyl groups excluding tert-OH is 1. The number of rotatable bonds is 2. The van der Waals surface area contributed by atoms with E-state index in [1.807, 2.05) is 6.08 Å². The second kappa shape index (κ2) is 8.56. The van der Waals surface area contributed by atoms with Gasteiger partial charge in [-0.3, -0.25) is 19.3 Å². The molecule has 5 N–H and O–H groups in total. The first-order chi connectivity index (χ1) is 17.8. The van der Waals surface area contributed by atoms with E-state index in [0.717, 1.165) is 0 Å². The van der Waals surface area contributed by atoms with E-state index in [-0.39, 0.29) is 36.1 Å². The van der Waals surface area contributed by atoms with Crippen LogP contribution in [0.1, 0.15) is 62.8 Å². The lowest BCUT2D eigenvalue weighted by molar-refractivity contribution is -0.157. The molecule has 10 nitrogen and oxygen atoms in total. The van der Waals surface area contributed by atoms with Gasteiger partial charge in [-0.25, -0.2) is 4.79 Å². The Hall–Kier alpha value is -3.92. The molecular weight excluding hydrogens is 492 g/mol. The summed E-state index contributed by atoms with van der Waals surface area (Å²) in [5.74, 6) is -5.25. The molecule has 4 aliphatic rings. The molecule has 0 spiro atoms. The number of aromatic hydroxyl groups is 1. The first kappa shape index (κ1) is 25.7. The molecule has 1 aromatic carbocycles. The van der Waals surface area contributed by atoms with Gasteiger partial charge in [-0.1, -0.05) is 18.2 Å². The third-order valence-corrected chi connectivity index (χ3v) is 7.82. The Labute approximate surface area is 219 Å². The molecule has 1 aromatic rings. The van der Waals surface area contributed by atoms with Crippen LogP contribution in [0.5, 0.6) is 5.75 Å². The van der Waals surface area contributed by atoms with Gasteiger partial charge in [0.25, 0.3) is 5.91 Å². The van der Waals surface area contributed by atoms with Gasteiger partial charge in [-0.05, 0) is 69.6 Å². The van der Waals surface area contributed by atoms with E-state index in [2.05, 4.69) is 0 Å². The number of fused-ring (bicyclic) bond motifs is 3. The van der Waals surface area contributed by atoms with Crippen LogP contribution in [0.25, 0.3) is 5.76 Å². The van der Waals surface area contributed by atoms with Crippen LogP contribution in [0.4, 0.5) is 4.79 Å². The van der Waals surface area contributed by atoms with Crippen LogP contribution < -0.4 is 5.73 Å². The number of carbonyl (C=O) groups excluding carboxylic acids is 4. The molecule has 3 aliphatic carbocycles. The molecule has 1 saturated carbocycles. The number of aliphatic hydroxyl groups is 2. The third-order valence-electron chi connectivity index (χ3n) is 7.82. The van der Waals surface area contributed by atoms with Crippen molar-refractivity contribution in [1.29, 1.82) is 0 Å². The number of nitrogens with two attached hydrogens (primary N) is 1.